The molecule has 2 aromatic carbocycles. The molecule has 0 saturated carbocycles. The highest BCUT2D eigenvalue weighted by molar-refractivity contribution is 7.80. The summed E-state index contributed by atoms with van der Waals surface area (Å²) in [5.41, 5.74) is 1.10. The van der Waals surface area contributed by atoms with Crippen molar-refractivity contribution in [2.45, 2.75) is 6.54 Å². The second-order valence-electron chi connectivity index (χ2n) is 5.31. The molecule has 0 atom stereocenters. The van der Waals surface area contributed by atoms with Crippen LogP contribution in [0.3, 0.4) is 0 Å². The monoisotopic (exact) mass is 428 g/mol. The summed E-state index contributed by atoms with van der Waals surface area (Å²) in [6, 6.07) is 11.6. The molecule has 1 heterocycles. The van der Waals surface area contributed by atoms with E-state index < -0.39 is 5.82 Å². The fourth-order valence-electron chi connectivity index (χ4n) is 2.21. The molecule has 4 nitrogen and oxygen atoms in total. The van der Waals surface area contributed by atoms with Crippen molar-refractivity contribution in [3.63, 3.8) is 0 Å². The third-order valence-electron chi connectivity index (χ3n) is 3.43. The van der Waals surface area contributed by atoms with Gasteiger partial charge in [-0.25, -0.2) is 4.39 Å². The SMILES string of the molecule is Fc1cccc(Cl)c1Cn1cc(Cl)c(NC(=S)Nc2ccc(Cl)cc2)n1. The van der Waals surface area contributed by atoms with Crippen LogP contribution in [-0.2, 0) is 6.54 Å². The Labute approximate surface area is 169 Å². The van der Waals surface area contributed by atoms with E-state index in [-0.39, 0.29) is 6.54 Å². The molecular weight excluding hydrogens is 418 g/mol. The fraction of sp³-hybridized carbons (Fsp3) is 0.0588. The molecule has 134 valence electrons. The minimum Gasteiger partial charge on any atom is -0.332 e. The Bertz CT molecular complexity index is 923. The van der Waals surface area contributed by atoms with Gasteiger partial charge in [0.1, 0.15) is 10.8 Å². The second kappa shape index (κ2) is 8.22. The molecule has 3 aromatic rings. The van der Waals surface area contributed by atoms with Gasteiger partial charge in [0.25, 0.3) is 0 Å². The predicted molar refractivity (Wildman–Crippen MR) is 109 cm³/mol. The largest absolute Gasteiger partial charge is 0.332 e. The van der Waals surface area contributed by atoms with Gasteiger partial charge in [-0.1, -0.05) is 40.9 Å². The summed E-state index contributed by atoms with van der Waals surface area (Å²) >= 11 is 23.3. The third-order valence-corrected chi connectivity index (χ3v) is 4.52. The zero-order valence-corrected chi connectivity index (χ0v) is 16.2. The van der Waals surface area contributed by atoms with Crippen LogP contribution < -0.4 is 10.6 Å². The van der Waals surface area contributed by atoms with Crippen LogP contribution in [0.2, 0.25) is 15.1 Å². The van der Waals surface area contributed by atoms with Crippen molar-refractivity contribution < 1.29 is 4.39 Å². The lowest BCUT2D eigenvalue weighted by Gasteiger charge is -2.09. The number of benzene rings is 2. The summed E-state index contributed by atoms with van der Waals surface area (Å²) in [5.74, 6) is -0.0517. The van der Waals surface area contributed by atoms with E-state index in [1.165, 1.54) is 10.7 Å². The second-order valence-corrected chi connectivity index (χ2v) is 6.97. The van der Waals surface area contributed by atoms with Gasteiger partial charge in [-0.3, -0.25) is 4.68 Å². The van der Waals surface area contributed by atoms with Crippen molar-refractivity contribution in [2.75, 3.05) is 10.6 Å². The molecule has 0 spiro atoms. The van der Waals surface area contributed by atoms with E-state index in [1.807, 2.05) is 0 Å². The maximum Gasteiger partial charge on any atom is 0.176 e. The summed E-state index contributed by atoms with van der Waals surface area (Å²) in [6.45, 7) is 0.143. The van der Waals surface area contributed by atoms with Gasteiger partial charge < -0.3 is 10.6 Å². The molecule has 0 aliphatic carbocycles. The summed E-state index contributed by atoms with van der Waals surface area (Å²) in [4.78, 5) is 0. The first kappa shape index (κ1) is 18.9. The number of nitrogens with zero attached hydrogens (tertiary/aromatic N) is 2. The third kappa shape index (κ3) is 4.65. The average Bonchev–Trinajstić information content (AvgIpc) is 2.93. The molecule has 0 fully saturated rings. The minimum absolute atomic E-state index is 0.143. The van der Waals surface area contributed by atoms with Crippen LogP contribution in [0.5, 0.6) is 0 Å². The Balaban J connectivity index is 1.70. The van der Waals surface area contributed by atoms with Gasteiger partial charge in [0.2, 0.25) is 0 Å². The Morgan fingerprint density at radius 1 is 1.04 bits per heavy atom. The highest BCUT2D eigenvalue weighted by atomic mass is 35.5. The van der Waals surface area contributed by atoms with E-state index in [9.17, 15) is 4.39 Å². The number of halogens is 4. The number of anilines is 2. The Morgan fingerprint density at radius 2 is 1.77 bits per heavy atom. The summed E-state index contributed by atoms with van der Waals surface area (Å²) in [6.07, 6.45) is 1.57. The number of hydrogen-bond acceptors (Lipinski definition) is 2. The molecule has 0 saturated heterocycles. The van der Waals surface area contributed by atoms with Gasteiger partial charge in [-0.05, 0) is 48.6 Å². The first-order valence-electron chi connectivity index (χ1n) is 7.42. The quantitative estimate of drug-likeness (QED) is 0.511. The minimum atomic E-state index is -0.404. The lowest BCUT2D eigenvalue weighted by molar-refractivity contribution is 0.586. The maximum absolute atomic E-state index is 13.9. The molecule has 0 amide bonds. The van der Waals surface area contributed by atoms with E-state index in [2.05, 4.69) is 15.7 Å². The number of nitrogens with one attached hydrogen (secondary N) is 2. The van der Waals surface area contributed by atoms with Crippen LogP contribution in [0.1, 0.15) is 5.56 Å². The lowest BCUT2D eigenvalue weighted by atomic mass is 10.2. The van der Waals surface area contributed by atoms with Crippen molar-refractivity contribution in [2.24, 2.45) is 0 Å². The molecule has 0 bridgehead atoms. The van der Waals surface area contributed by atoms with Crippen LogP contribution in [0, 0.1) is 5.82 Å². The number of rotatable bonds is 4. The molecule has 0 aliphatic heterocycles. The first-order chi connectivity index (χ1) is 12.4. The van der Waals surface area contributed by atoms with Gasteiger partial charge in [0.15, 0.2) is 10.9 Å². The molecule has 9 heteroatoms. The van der Waals surface area contributed by atoms with Gasteiger partial charge >= 0.3 is 0 Å². The van der Waals surface area contributed by atoms with Crippen molar-refractivity contribution >= 4 is 63.6 Å². The molecule has 0 aliphatic rings. The van der Waals surface area contributed by atoms with Crippen molar-refractivity contribution in [3.05, 3.63) is 75.1 Å². The summed E-state index contributed by atoms with van der Waals surface area (Å²) in [5, 5.41) is 11.8. The molecular formula is C17H12Cl3FN4S. The van der Waals surface area contributed by atoms with Crippen molar-refractivity contribution in [1.82, 2.24) is 9.78 Å². The lowest BCUT2D eigenvalue weighted by Crippen LogP contribution is -2.19. The summed E-state index contributed by atoms with van der Waals surface area (Å²) in [7, 11) is 0. The van der Waals surface area contributed by atoms with Gasteiger partial charge in [-0.15, -0.1) is 0 Å². The van der Waals surface area contributed by atoms with E-state index in [0.29, 0.717) is 31.6 Å². The zero-order chi connectivity index (χ0) is 18.7. The highest BCUT2D eigenvalue weighted by Gasteiger charge is 2.12. The molecule has 0 radical (unpaired) electrons. The molecule has 1 aromatic heterocycles. The standard InChI is InChI=1S/C17H12Cl3FN4S/c18-10-4-6-11(7-5-10)22-17(26)23-16-14(20)9-25(24-16)8-12-13(19)2-1-3-15(12)21/h1-7,9H,8H2,(H2,22,23,24,26). The van der Waals surface area contributed by atoms with E-state index in [1.54, 1.807) is 42.6 Å². The molecule has 0 unspecified atom stereocenters. The number of hydrogen-bond donors (Lipinski definition) is 2. The fourth-order valence-corrected chi connectivity index (χ4v) is 2.97. The van der Waals surface area contributed by atoms with Crippen molar-refractivity contribution in [3.8, 4) is 0 Å². The van der Waals surface area contributed by atoms with Crippen LogP contribution in [-0.4, -0.2) is 14.9 Å². The Hall–Kier alpha value is -1.86. The highest BCUT2D eigenvalue weighted by Crippen LogP contribution is 2.24. The number of thiocarbonyl (C=S) groups is 1. The van der Waals surface area contributed by atoms with Gasteiger partial charge in [0, 0.05) is 27.5 Å². The topological polar surface area (TPSA) is 41.9 Å². The zero-order valence-electron chi connectivity index (χ0n) is 13.1. The van der Waals surface area contributed by atoms with E-state index >= 15 is 0 Å². The van der Waals surface area contributed by atoms with E-state index in [0.717, 1.165) is 5.69 Å². The molecule has 2 N–H and O–H groups in total. The normalized spacial score (nSPS) is 10.6. The smallest absolute Gasteiger partial charge is 0.176 e. The average molecular weight is 430 g/mol. The van der Waals surface area contributed by atoms with Crippen LogP contribution >= 0.6 is 47.0 Å². The Morgan fingerprint density at radius 3 is 2.46 bits per heavy atom. The summed E-state index contributed by atoms with van der Waals surface area (Å²) < 4.78 is 15.4. The van der Waals surface area contributed by atoms with Gasteiger partial charge in [0.05, 0.1) is 6.54 Å². The van der Waals surface area contributed by atoms with E-state index in [4.69, 9.17) is 47.0 Å². The van der Waals surface area contributed by atoms with Crippen molar-refractivity contribution in [1.29, 1.82) is 0 Å². The first-order valence-corrected chi connectivity index (χ1v) is 8.96. The van der Waals surface area contributed by atoms with Gasteiger partial charge in [-0.2, -0.15) is 5.10 Å². The Kier molecular flexibility index (Phi) is 5.98. The van der Waals surface area contributed by atoms with Crippen LogP contribution in [0.25, 0.3) is 0 Å². The number of aromatic nitrogens is 2. The molecule has 26 heavy (non-hydrogen) atoms. The van der Waals surface area contributed by atoms with Crippen LogP contribution in [0.15, 0.2) is 48.7 Å². The van der Waals surface area contributed by atoms with Crippen LogP contribution in [0.4, 0.5) is 15.9 Å². The predicted octanol–water partition coefficient (Wildman–Crippen LogP) is 5.84. The molecule has 3 rings (SSSR count). The maximum atomic E-state index is 13.9.